The summed E-state index contributed by atoms with van der Waals surface area (Å²) < 4.78 is 11.3. The van der Waals surface area contributed by atoms with E-state index < -0.39 is 0 Å². The Morgan fingerprint density at radius 2 is 1.96 bits per heavy atom. The number of nitrogens with zero attached hydrogens (tertiary/aromatic N) is 1. The summed E-state index contributed by atoms with van der Waals surface area (Å²) in [5.74, 6) is 1.32. The average Bonchev–Trinajstić information content (AvgIpc) is 2.94. The molecule has 130 valence electrons. The molecule has 0 bridgehead atoms. The Bertz CT molecular complexity index is 631. The van der Waals surface area contributed by atoms with Gasteiger partial charge in [0.25, 0.3) is 0 Å². The molecule has 0 aliphatic carbocycles. The molecule has 0 radical (unpaired) electrons. The number of carbonyl (C=O) groups excluding carboxylic acids is 2. The van der Waals surface area contributed by atoms with E-state index in [0.717, 1.165) is 36.3 Å². The van der Waals surface area contributed by atoms with E-state index in [1.807, 2.05) is 25.1 Å². The first-order valence-corrected chi connectivity index (χ1v) is 8.53. The van der Waals surface area contributed by atoms with Gasteiger partial charge in [-0.2, -0.15) is 0 Å². The molecule has 0 saturated carbocycles. The zero-order valence-corrected chi connectivity index (χ0v) is 14.2. The van der Waals surface area contributed by atoms with E-state index in [1.165, 1.54) is 6.92 Å². The number of fused-ring (bicyclic) bond motifs is 1. The van der Waals surface area contributed by atoms with E-state index in [-0.39, 0.29) is 23.9 Å². The molecule has 1 saturated heterocycles. The zero-order valence-electron chi connectivity index (χ0n) is 14.2. The summed E-state index contributed by atoms with van der Waals surface area (Å²) in [5, 5.41) is 3.02. The van der Waals surface area contributed by atoms with Gasteiger partial charge in [-0.25, -0.2) is 0 Å². The van der Waals surface area contributed by atoms with Crippen LogP contribution in [-0.2, 0) is 9.59 Å². The van der Waals surface area contributed by atoms with Crippen molar-refractivity contribution >= 4 is 11.8 Å². The van der Waals surface area contributed by atoms with Gasteiger partial charge in [-0.15, -0.1) is 0 Å². The number of ether oxygens (including phenoxy) is 2. The molecule has 2 aliphatic heterocycles. The summed E-state index contributed by atoms with van der Waals surface area (Å²) in [6.07, 6.45) is 2.45. The first-order chi connectivity index (χ1) is 11.6. The van der Waals surface area contributed by atoms with Crippen LogP contribution >= 0.6 is 0 Å². The summed E-state index contributed by atoms with van der Waals surface area (Å²) in [6.45, 7) is 5.39. The minimum atomic E-state index is -0.356. The first kappa shape index (κ1) is 16.6. The van der Waals surface area contributed by atoms with Crippen LogP contribution in [0.25, 0.3) is 0 Å². The molecular formula is C18H24N2O4. The number of hydrogen-bond donors (Lipinski definition) is 1. The van der Waals surface area contributed by atoms with E-state index >= 15 is 0 Å². The fraction of sp³-hybridized carbons (Fsp3) is 0.556. The second kappa shape index (κ2) is 7.11. The monoisotopic (exact) mass is 332 g/mol. The van der Waals surface area contributed by atoms with Crippen LogP contribution in [0.2, 0.25) is 0 Å². The first-order valence-electron chi connectivity index (χ1n) is 8.53. The third kappa shape index (κ3) is 3.47. The number of likely N-dealkylation sites (tertiary alicyclic amines) is 1. The summed E-state index contributed by atoms with van der Waals surface area (Å²) in [4.78, 5) is 25.8. The molecule has 2 heterocycles. The van der Waals surface area contributed by atoms with E-state index in [9.17, 15) is 9.59 Å². The summed E-state index contributed by atoms with van der Waals surface area (Å²) in [6, 6.07) is 5.23. The van der Waals surface area contributed by atoms with E-state index in [4.69, 9.17) is 9.47 Å². The topological polar surface area (TPSA) is 67.9 Å². The summed E-state index contributed by atoms with van der Waals surface area (Å²) in [7, 11) is 0. The SMILES string of the molecule is CC(=O)N1CCC[C@@H]1C(=O)N[C@H](C)c1ccc2c(c1)OCCCO2. The second-order valence-corrected chi connectivity index (χ2v) is 6.36. The van der Waals surface area contributed by atoms with Crippen LogP contribution in [0.5, 0.6) is 11.5 Å². The summed E-state index contributed by atoms with van der Waals surface area (Å²) in [5.41, 5.74) is 0.958. The lowest BCUT2D eigenvalue weighted by molar-refractivity contribution is -0.137. The van der Waals surface area contributed by atoms with Crippen molar-refractivity contribution in [2.45, 2.75) is 45.2 Å². The van der Waals surface area contributed by atoms with Gasteiger partial charge in [0, 0.05) is 19.9 Å². The average molecular weight is 332 g/mol. The molecule has 2 aliphatic rings. The third-order valence-corrected chi connectivity index (χ3v) is 4.59. The highest BCUT2D eigenvalue weighted by atomic mass is 16.5. The van der Waals surface area contributed by atoms with Crippen LogP contribution in [0.3, 0.4) is 0 Å². The Morgan fingerprint density at radius 3 is 2.71 bits per heavy atom. The molecule has 2 amide bonds. The van der Waals surface area contributed by atoms with Crippen LogP contribution in [-0.4, -0.2) is 42.5 Å². The maximum atomic E-state index is 12.5. The number of benzene rings is 1. The number of rotatable bonds is 3. The predicted octanol–water partition coefficient (Wildman–Crippen LogP) is 2.04. The van der Waals surface area contributed by atoms with Gasteiger partial charge in [0.15, 0.2) is 11.5 Å². The molecule has 1 aromatic rings. The molecule has 3 rings (SSSR count). The Kier molecular flexibility index (Phi) is 4.92. The number of nitrogens with one attached hydrogen (secondary N) is 1. The minimum absolute atomic E-state index is 0.0455. The molecule has 0 aromatic heterocycles. The fourth-order valence-corrected chi connectivity index (χ4v) is 3.26. The fourth-order valence-electron chi connectivity index (χ4n) is 3.26. The molecule has 0 unspecified atom stereocenters. The van der Waals surface area contributed by atoms with E-state index in [1.54, 1.807) is 4.90 Å². The van der Waals surface area contributed by atoms with Crippen LogP contribution in [0.15, 0.2) is 18.2 Å². The molecule has 1 aromatic carbocycles. The Balaban J connectivity index is 1.68. The molecular weight excluding hydrogens is 308 g/mol. The Morgan fingerprint density at radius 1 is 1.21 bits per heavy atom. The van der Waals surface area contributed by atoms with Crippen LogP contribution in [0.1, 0.15) is 44.7 Å². The Labute approximate surface area is 142 Å². The highest BCUT2D eigenvalue weighted by Crippen LogP contribution is 2.32. The summed E-state index contributed by atoms with van der Waals surface area (Å²) >= 11 is 0. The minimum Gasteiger partial charge on any atom is -0.490 e. The van der Waals surface area contributed by atoms with Gasteiger partial charge in [0.1, 0.15) is 6.04 Å². The highest BCUT2D eigenvalue weighted by Gasteiger charge is 2.33. The highest BCUT2D eigenvalue weighted by molar-refractivity contribution is 5.87. The molecule has 6 nitrogen and oxygen atoms in total. The predicted molar refractivity (Wildman–Crippen MR) is 89.0 cm³/mol. The van der Waals surface area contributed by atoms with E-state index in [0.29, 0.717) is 19.8 Å². The molecule has 1 fully saturated rings. The van der Waals surface area contributed by atoms with Gasteiger partial charge in [-0.1, -0.05) is 6.07 Å². The largest absolute Gasteiger partial charge is 0.490 e. The van der Waals surface area contributed by atoms with Gasteiger partial charge in [0.2, 0.25) is 11.8 Å². The lowest BCUT2D eigenvalue weighted by Gasteiger charge is -2.24. The second-order valence-electron chi connectivity index (χ2n) is 6.36. The van der Waals surface area contributed by atoms with Gasteiger partial charge in [0.05, 0.1) is 19.3 Å². The molecule has 6 heteroatoms. The van der Waals surface area contributed by atoms with Crippen molar-refractivity contribution < 1.29 is 19.1 Å². The standard InChI is InChI=1S/C18H24N2O4/c1-12(19-18(22)15-5-3-8-20(15)13(2)21)14-6-7-16-17(11-14)24-10-4-9-23-16/h6-7,11-12,15H,3-5,8-10H2,1-2H3,(H,19,22)/t12-,15-/m1/s1. The quantitative estimate of drug-likeness (QED) is 0.920. The maximum absolute atomic E-state index is 12.5. The third-order valence-electron chi connectivity index (χ3n) is 4.59. The van der Waals surface area contributed by atoms with Crippen LogP contribution in [0.4, 0.5) is 0 Å². The zero-order chi connectivity index (χ0) is 17.1. The van der Waals surface area contributed by atoms with Crippen molar-refractivity contribution in [2.24, 2.45) is 0 Å². The van der Waals surface area contributed by atoms with Crippen LogP contribution in [0, 0.1) is 0 Å². The van der Waals surface area contributed by atoms with E-state index in [2.05, 4.69) is 5.32 Å². The van der Waals surface area contributed by atoms with Gasteiger partial charge < -0.3 is 19.7 Å². The van der Waals surface area contributed by atoms with Gasteiger partial charge >= 0.3 is 0 Å². The van der Waals surface area contributed by atoms with Crippen molar-refractivity contribution in [3.05, 3.63) is 23.8 Å². The number of amides is 2. The molecule has 24 heavy (non-hydrogen) atoms. The van der Waals surface area contributed by atoms with Crippen LogP contribution < -0.4 is 14.8 Å². The molecule has 1 N–H and O–H groups in total. The van der Waals surface area contributed by atoms with Crippen molar-refractivity contribution in [1.82, 2.24) is 10.2 Å². The normalized spacial score (nSPS) is 21.1. The van der Waals surface area contributed by atoms with Gasteiger partial charge in [-0.05, 0) is 37.5 Å². The lowest BCUT2D eigenvalue weighted by atomic mass is 10.1. The lowest BCUT2D eigenvalue weighted by Crippen LogP contribution is -2.45. The smallest absolute Gasteiger partial charge is 0.243 e. The van der Waals surface area contributed by atoms with Crippen molar-refractivity contribution in [3.8, 4) is 11.5 Å². The Hall–Kier alpha value is -2.24. The van der Waals surface area contributed by atoms with Crippen molar-refractivity contribution in [2.75, 3.05) is 19.8 Å². The number of hydrogen-bond acceptors (Lipinski definition) is 4. The number of carbonyl (C=O) groups is 2. The molecule has 2 atom stereocenters. The van der Waals surface area contributed by atoms with Crippen molar-refractivity contribution in [1.29, 1.82) is 0 Å². The van der Waals surface area contributed by atoms with Gasteiger partial charge in [-0.3, -0.25) is 9.59 Å². The van der Waals surface area contributed by atoms with Crippen molar-refractivity contribution in [3.63, 3.8) is 0 Å². The molecule has 0 spiro atoms. The maximum Gasteiger partial charge on any atom is 0.243 e.